The van der Waals surface area contributed by atoms with Crippen LogP contribution in [0.15, 0.2) is 67.2 Å². The van der Waals surface area contributed by atoms with Crippen molar-refractivity contribution < 1.29 is 4.48 Å². The van der Waals surface area contributed by atoms with Gasteiger partial charge in [0.25, 0.3) is 0 Å². The van der Waals surface area contributed by atoms with E-state index in [-0.39, 0.29) is 0 Å². The molecule has 0 radical (unpaired) electrons. The van der Waals surface area contributed by atoms with Crippen molar-refractivity contribution in [3.63, 3.8) is 0 Å². The van der Waals surface area contributed by atoms with Crippen LogP contribution in [0.2, 0.25) is 0 Å². The van der Waals surface area contributed by atoms with Gasteiger partial charge in [0.2, 0.25) is 0 Å². The highest BCUT2D eigenvalue weighted by molar-refractivity contribution is 5.14. The molecular weight excluding hydrogens is 711 g/mol. The number of hydrogen-bond acceptors (Lipinski definition) is 0. The third-order valence-corrected chi connectivity index (χ3v) is 12.9. The van der Waals surface area contributed by atoms with E-state index in [4.69, 9.17) is 0 Å². The fourth-order valence-electron chi connectivity index (χ4n) is 8.86. The molecule has 1 aromatic rings. The molecule has 0 aromatic heterocycles. The number of unbranched alkanes of at least 4 members (excludes halogenated alkanes) is 39. The summed E-state index contributed by atoms with van der Waals surface area (Å²) >= 11 is 0. The Bertz CT molecular complexity index is 921. The van der Waals surface area contributed by atoms with E-state index in [9.17, 15) is 0 Å². The molecule has 59 heavy (non-hydrogen) atoms. The zero-order valence-corrected chi connectivity index (χ0v) is 40.7. The predicted octanol–water partition coefficient (Wildman–Crippen LogP) is 21.0. The summed E-state index contributed by atoms with van der Waals surface area (Å²) in [4.78, 5) is 0. The molecule has 1 heteroatoms. The van der Waals surface area contributed by atoms with Crippen LogP contribution in [0.1, 0.15) is 296 Å². The molecule has 0 spiro atoms. The van der Waals surface area contributed by atoms with E-state index < -0.39 is 0 Å². The van der Waals surface area contributed by atoms with Crippen LogP contribution in [-0.2, 0) is 6.54 Å². The van der Waals surface area contributed by atoms with Crippen molar-refractivity contribution in [1.29, 1.82) is 0 Å². The van der Waals surface area contributed by atoms with Crippen molar-refractivity contribution in [2.45, 2.75) is 297 Å². The van der Waals surface area contributed by atoms with Crippen LogP contribution < -0.4 is 0 Å². The molecule has 0 atom stereocenters. The summed E-state index contributed by atoms with van der Waals surface area (Å²) in [5, 5.41) is 0. The van der Waals surface area contributed by atoms with Gasteiger partial charge in [-0.05, 0) is 56.8 Å². The molecule has 0 aliphatic rings. The average molecular weight is 817 g/mol. The van der Waals surface area contributed by atoms with Crippen LogP contribution in [0.25, 0.3) is 0 Å². The lowest BCUT2D eigenvalue weighted by Gasteiger charge is -2.27. The second kappa shape index (κ2) is 45.9. The van der Waals surface area contributed by atoms with E-state index in [0.717, 1.165) is 11.0 Å². The summed E-state index contributed by atoms with van der Waals surface area (Å²) in [6, 6.07) is 11.3. The zero-order valence-electron chi connectivity index (χ0n) is 40.7. The Morgan fingerprint density at radius 2 is 0.508 bits per heavy atom. The first-order valence-electron chi connectivity index (χ1n) is 27.2. The number of benzene rings is 1. The Morgan fingerprint density at radius 3 is 0.746 bits per heavy atom. The normalized spacial score (nSPS) is 12.3. The first kappa shape index (κ1) is 55.4. The lowest BCUT2D eigenvalue weighted by Crippen LogP contribution is -2.30. The van der Waals surface area contributed by atoms with Crippen molar-refractivity contribution in [1.82, 2.24) is 0 Å². The van der Waals surface area contributed by atoms with Gasteiger partial charge >= 0.3 is 0 Å². The lowest BCUT2D eigenvalue weighted by molar-refractivity contribution is -0.788. The van der Waals surface area contributed by atoms with E-state index in [2.05, 4.69) is 87.9 Å². The highest BCUT2D eigenvalue weighted by Gasteiger charge is 2.20. The van der Waals surface area contributed by atoms with Crippen molar-refractivity contribution >= 4 is 0 Å². The molecular formula is C58H106N+. The zero-order chi connectivity index (χ0) is 42.3. The van der Waals surface area contributed by atoms with Gasteiger partial charge in [0, 0.05) is 5.56 Å². The second-order valence-corrected chi connectivity index (χ2v) is 18.9. The smallest absolute Gasteiger partial charge is 0.117 e. The Balaban J connectivity index is 2.60. The summed E-state index contributed by atoms with van der Waals surface area (Å²) in [6.45, 7) is 7.94. The van der Waals surface area contributed by atoms with Crippen LogP contribution >= 0.6 is 0 Å². The summed E-state index contributed by atoms with van der Waals surface area (Å²) in [5.74, 6) is 0. The third kappa shape index (κ3) is 39.0. The molecule has 0 amide bonds. The number of nitrogens with zero attached hydrogens (tertiary/aromatic N) is 1. The van der Waals surface area contributed by atoms with Crippen LogP contribution in [0.4, 0.5) is 0 Å². The molecule has 1 nitrogen and oxygen atoms in total. The van der Waals surface area contributed by atoms with Gasteiger partial charge in [0.15, 0.2) is 0 Å². The van der Waals surface area contributed by atoms with Gasteiger partial charge in [-0.2, -0.15) is 0 Å². The SMILES string of the molecule is CCCCCCCCCCCCCCC/C=C\[N+](/C=C/CCCCCCCCCCCCCCC)(/C=C/CCCCCCCCCCCCCCC)Cc1ccccc1. The highest BCUT2D eigenvalue weighted by Crippen LogP contribution is 2.22. The Hall–Kier alpha value is -1.60. The van der Waals surface area contributed by atoms with E-state index in [1.165, 1.54) is 275 Å². The predicted molar refractivity (Wildman–Crippen MR) is 269 cm³/mol. The van der Waals surface area contributed by atoms with Crippen molar-refractivity contribution in [3.05, 3.63) is 72.7 Å². The van der Waals surface area contributed by atoms with Crippen LogP contribution in [0.5, 0.6) is 0 Å². The standard InChI is InChI=1S/C58H106N/c1-4-7-10-13-16-19-22-25-28-31-34-37-40-43-49-54-59(57-58-52-47-46-48-53-58,55-50-44-41-38-35-32-29-26-23-20-17-14-11-8-5-2)56-51-45-42-39-36-33-30-27-24-21-18-15-12-9-6-3/h46-56H,4-45,57H2,1-3H3/q+1/b54-49-,55-50+,56-51+. The van der Waals surface area contributed by atoms with Crippen LogP contribution in [0, 0.1) is 0 Å². The van der Waals surface area contributed by atoms with Gasteiger partial charge < -0.3 is 0 Å². The molecule has 0 unspecified atom stereocenters. The molecule has 0 bridgehead atoms. The third-order valence-electron chi connectivity index (χ3n) is 12.9. The molecule has 342 valence electrons. The maximum absolute atomic E-state index is 2.54. The largest absolute Gasteiger partial charge is 0.242 e. The summed E-state index contributed by atoms with van der Waals surface area (Å²) in [7, 11) is 0. The van der Waals surface area contributed by atoms with Gasteiger partial charge in [-0.1, -0.05) is 282 Å². The number of allylic oxidation sites excluding steroid dienone is 3. The monoisotopic (exact) mass is 817 g/mol. The van der Waals surface area contributed by atoms with E-state index in [1.807, 2.05) is 0 Å². The Kier molecular flexibility index (Phi) is 43.1. The molecule has 1 aromatic carbocycles. The van der Waals surface area contributed by atoms with Gasteiger partial charge in [-0.15, -0.1) is 0 Å². The summed E-state index contributed by atoms with van der Waals surface area (Å²) in [6.07, 6.45) is 74.2. The van der Waals surface area contributed by atoms with Crippen molar-refractivity contribution in [2.24, 2.45) is 0 Å². The Labute approximate surface area is 372 Å². The topological polar surface area (TPSA) is 0 Å². The minimum Gasteiger partial charge on any atom is -0.242 e. The number of rotatable bonds is 47. The summed E-state index contributed by atoms with van der Waals surface area (Å²) < 4.78 is 0.819. The maximum Gasteiger partial charge on any atom is 0.117 e. The van der Waals surface area contributed by atoms with Gasteiger partial charge in [-0.3, -0.25) is 0 Å². The minimum atomic E-state index is 0.819. The fraction of sp³-hybridized carbons (Fsp3) is 0.793. The second-order valence-electron chi connectivity index (χ2n) is 18.9. The van der Waals surface area contributed by atoms with E-state index in [1.54, 1.807) is 0 Å². The minimum absolute atomic E-state index is 0.819. The number of quaternary nitrogens is 1. The van der Waals surface area contributed by atoms with Gasteiger partial charge in [-0.25, -0.2) is 4.48 Å². The summed E-state index contributed by atoms with van der Waals surface area (Å²) in [5.41, 5.74) is 1.43. The molecule has 0 saturated heterocycles. The molecule has 1 rings (SSSR count). The van der Waals surface area contributed by atoms with Gasteiger partial charge in [0.1, 0.15) is 25.1 Å². The Morgan fingerprint density at radius 1 is 0.288 bits per heavy atom. The lowest BCUT2D eigenvalue weighted by atomic mass is 10.0. The highest BCUT2D eigenvalue weighted by atomic mass is 15.3. The molecule has 0 saturated carbocycles. The van der Waals surface area contributed by atoms with Gasteiger partial charge in [0.05, 0.1) is 0 Å². The van der Waals surface area contributed by atoms with Crippen LogP contribution in [-0.4, -0.2) is 4.48 Å². The van der Waals surface area contributed by atoms with Crippen molar-refractivity contribution in [3.8, 4) is 0 Å². The van der Waals surface area contributed by atoms with Crippen molar-refractivity contribution in [2.75, 3.05) is 0 Å². The fourth-order valence-corrected chi connectivity index (χ4v) is 8.86. The molecule has 0 aliphatic carbocycles. The average Bonchev–Trinajstić information content (AvgIpc) is 3.25. The maximum atomic E-state index is 2.54. The molecule has 0 aliphatic heterocycles. The first-order valence-corrected chi connectivity index (χ1v) is 27.2. The van der Waals surface area contributed by atoms with E-state index in [0.29, 0.717) is 0 Å². The molecule has 0 heterocycles. The number of hydrogen-bond donors (Lipinski definition) is 0. The van der Waals surface area contributed by atoms with Crippen LogP contribution in [0.3, 0.4) is 0 Å². The first-order chi connectivity index (χ1) is 29.3. The quantitative estimate of drug-likeness (QED) is 0.0454. The van der Waals surface area contributed by atoms with E-state index >= 15 is 0 Å². The molecule has 0 N–H and O–H groups in total. The molecule has 0 fully saturated rings.